The van der Waals surface area contributed by atoms with Crippen molar-refractivity contribution in [3.63, 3.8) is 0 Å². The highest BCUT2D eigenvalue weighted by Gasteiger charge is 2.21. The maximum Gasteiger partial charge on any atom is 0.245 e. The molecule has 1 fully saturated rings. The Morgan fingerprint density at radius 1 is 1.80 bits per heavy atom. The Labute approximate surface area is 99.4 Å². The predicted octanol–water partition coefficient (Wildman–Crippen LogP) is 0.832. The van der Waals surface area contributed by atoms with E-state index in [2.05, 4.69) is 31.5 Å². The number of anilines is 1. The van der Waals surface area contributed by atoms with Gasteiger partial charge in [0.2, 0.25) is 5.91 Å². The smallest absolute Gasteiger partial charge is 0.245 e. The van der Waals surface area contributed by atoms with E-state index in [1.165, 1.54) is 11.3 Å². The summed E-state index contributed by atoms with van der Waals surface area (Å²) in [4.78, 5) is 15.7. The van der Waals surface area contributed by atoms with E-state index in [-0.39, 0.29) is 11.9 Å². The number of hydrogen-bond acceptors (Lipinski definition) is 5. The van der Waals surface area contributed by atoms with Gasteiger partial charge in [0.1, 0.15) is 6.04 Å². The van der Waals surface area contributed by atoms with Crippen molar-refractivity contribution in [3.05, 3.63) is 9.98 Å². The van der Waals surface area contributed by atoms with Crippen LogP contribution in [0.4, 0.5) is 5.13 Å². The molecule has 0 bridgehead atoms. The molecule has 0 radical (unpaired) electrons. The third kappa shape index (κ3) is 2.97. The Morgan fingerprint density at radius 2 is 2.67 bits per heavy atom. The van der Waals surface area contributed by atoms with E-state index in [0.29, 0.717) is 24.9 Å². The summed E-state index contributed by atoms with van der Waals surface area (Å²) in [5.41, 5.74) is 0. The number of nitrogens with one attached hydrogen (secondary N) is 2. The van der Waals surface area contributed by atoms with Crippen LogP contribution in [0, 0.1) is 0 Å². The van der Waals surface area contributed by atoms with E-state index < -0.39 is 0 Å². The van der Waals surface area contributed by atoms with Crippen LogP contribution in [0.3, 0.4) is 0 Å². The van der Waals surface area contributed by atoms with Crippen LogP contribution in [0.5, 0.6) is 0 Å². The molecule has 82 valence electrons. The van der Waals surface area contributed by atoms with Crippen molar-refractivity contribution in [2.24, 2.45) is 0 Å². The summed E-state index contributed by atoms with van der Waals surface area (Å²) in [5.74, 6) is -0.100. The second-order valence-electron chi connectivity index (χ2n) is 3.04. The van der Waals surface area contributed by atoms with E-state index in [1.807, 2.05) is 0 Å². The second kappa shape index (κ2) is 5.02. The number of thiazole rings is 1. The summed E-state index contributed by atoms with van der Waals surface area (Å²) in [6.45, 7) is 1.78. The number of halogens is 1. The molecule has 1 aliphatic heterocycles. The number of carbonyl (C=O) groups is 1. The number of rotatable bonds is 2. The summed E-state index contributed by atoms with van der Waals surface area (Å²) in [5, 5.41) is 6.40. The highest BCUT2D eigenvalue weighted by molar-refractivity contribution is 9.11. The molecule has 7 heteroatoms. The summed E-state index contributed by atoms with van der Waals surface area (Å²) < 4.78 is 6.09. The molecule has 0 saturated carbocycles. The third-order valence-corrected chi connectivity index (χ3v) is 3.34. The first-order valence-corrected chi connectivity index (χ1v) is 6.10. The maximum atomic E-state index is 11.7. The van der Waals surface area contributed by atoms with Crippen LogP contribution in [0.1, 0.15) is 0 Å². The van der Waals surface area contributed by atoms with Gasteiger partial charge in [-0.15, -0.1) is 0 Å². The van der Waals surface area contributed by atoms with Gasteiger partial charge in [-0.2, -0.15) is 0 Å². The zero-order valence-electron chi connectivity index (χ0n) is 7.83. The first-order chi connectivity index (χ1) is 7.25. The van der Waals surface area contributed by atoms with Gasteiger partial charge in [-0.3, -0.25) is 4.79 Å². The van der Waals surface area contributed by atoms with Crippen molar-refractivity contribution in [2.75, 3.05) is 25.1 Å². The zero-order valence-corrected chi connectivity index (χ0v) is 10.2. The lowest BCUT2D eigenvalue weighted by Gasteiger charge is -2.22. The number of aromatic nitrogens is 1. The second-order valence-corrected chi connectivity index (χ2v) is 5.45. The van der Waals surface area contributed by atoms with Crippen LogP contribution in [-0.4, -0.2) is 36.7 Å². The SMILES string of the molecule is O=C(Nc1ncc(Br)s1)C1COCCN1. The molecule has 15 heavy (non-hydrogen) atoms. The third-order valence-electron chi connectivity index (χ3n) is 1.95. The zero-order chi connectivity index (χ0) is 10.7. The average molecular weight is 292 g/mol. The minimum atomic E-state index is -0.276. The normalized spacial score (nSPS) is 21.3. The van der Waals surface area contributed by atoms with Crippen LogP contribution in [-0.2, 0) is 9.53 Å². The maximum absolute atomic E-state index is 11.7. The molecule has 0 spiro atoms. The van der Waals surface area contributed by atoms with Gasteiger partial charge in [0.05, 0.1) is 23.2 Å². The van der Waals surface area contributed by atoms with Gasteiger partial charge in [0, 0.05) is 6.54 Å². The number of ether oxygens (including phenoxy) is 1. The first kappa shape index (κ1) is 11.0. The van der Waals surface area contributed by atoms with Crippen LogP contribution in [0.25, 0.3) is 0 Å². The van der Waals surface area contributed by atoms with Crippen molar-refractivity contribution in [1.29, 1.82) is 0 Å². The Bertz CT molecular complexity index is 351. The molecule has 1 unspecified atom stereocenters. The first-order valence-electron chi connectivity index (χ1n) is 4.49. The molecule has 2 N–H and O–H groups in total. The molecular formula is C8H10BrN3O2S. The lowest BCUT2D eigenvalue weighted by atomic mass is 10.2. The summed E-state index contributed by atoms with van der Waals surface area (Å²) >= 11 is 4.67. The van der Waals surface area contributed by atoms with Gasteiger partial charge in [-0.25, -0.2) is 4.98 Å². The molecule has 0 aromatic carbocycles. The largest absolute Gasteiger partial charge is 0.378 e. The lowest BCUT2D eigenvalue weighted by molar-refractivity contribution is -0.120. The minimum absolute atomic E-state index is 0.100. The molecule has 1 aromatic heterocycles. The molecule has 5 nitrogen and oxygen atoms in total. The Balaban J connectivity index is 1.91. The van der Waals surface area contributed by atoms with Crippen molar-refractivity contribution in [1.82, 2.24) is 10.3 Å². The average Bonchev–Trinajstić information content (AvgIpc) is 2.65. The summed E-state index contributed by atoms with van der Waals surface area (Å²) in [7, 11) is 0. The summed E-state index contributed by atoms with van der Waals surface area (Å²) in [6, 6.07) is -0.276. The molecule has 1 amide bonds. The van der Waals surface area contributed by atoms with Crippen molar-refractivity contribution in [3.8, 4) is 0 Å². The number of nitrogens with zero attached hydrogens (tertiary/aromatic N) is 1. The highest BCUT2D eigenvalue weighted by Crippen LogP contribution is 2.23. The van der Waals surface area contributed by atoms with Crippen molar-refractivity contribution < 1.29 is 9.53 Å². The fourth-order valence-electron chi connectivity index (χ4n) is 1.24. The molecule has 1 atom stereocenters. The number of hydrogen-bond donors (Lipinski definition) is 2. The van der Waals surface area contributed by atoms with E-state index in [4.69, 9.17) is 4.74 Å². The molecule has 2 rings (SSSR count). The number of carbonyl (C=O) groups excluding carboxylic acids is 1. The number of amides is 1. The molecule has 2 heterocycles. The Hall–Kier alpha value is -0.500. The fourth-order valence-corrected chi connectivity index (χ4v) is 2.35. The molecular weight excluding hydrogens is 282 g/mol. The lowest BCUT2D eigenvalue weighted by Crippen LogP contribution is -2.48. The van der Waals surface area contributed by atoms with Crippen LogP contribution in [0.2, 0.25) is 0 Å². The molecule has 1 aromatic rings. The topological polar surface area (TPSA) is 63.2 Å². The molecule has 1 aliphatic rings. The van der Waals surface area contributed by atoms with Gasteiger partial charge in [-0.1, -0.05) is 11.3 Å². The minimum Gasteiger partial charge on any atom is -0.378 e. The predicted molar refractivity (Wildman–Crippen MR) is 61.1 cm³/mol. The van der Waals surface area contributed by atoms with E-state index in [0.717, 1.165) is 3.79 Å². The van der Waals surface area contributed by atoms with Crippen LogP contribution < -0.4 is 10.6 Å². The van der Waals surface area contributed by atoms with Gasteiger partial charge in [0.25, 0.3) is 0 Å². The fraction of sp³-hybridized carbons (Fsp3) is 0.500. The van der Waals surface area contributed by atoms with Gasteiger partial charge < -0.3 is 15.4 Å². The van der Waals surface area contributed by atoms with Gasteiger partial charge in [-0.05, 0) is 15.9 Å². The monoisotopic (exact) mass is 291 g/mol. The quantitative estimate of drug-likeness (QED) is 0.847. The Morgan fingerprint density at radius 3 is 3.27 bits per heavy atom. The van der Waals surface area contributed by atoms with Gasteiger partial charge >= 0.3 is 0 Å². The Kier molecular flexibility index (Phi) is 3.68. The van der Waals surface area contributed by atoms with Crippen molar-refractivity contribution in [2.45, 2.75) is 6.04 Å². The highest BCUT2D eigenvalue weighted by atomic mass is 79.9. The standard InChI is InChI=1S/C8H10BrN3O2S/c9-6-3-11-8(15-6)12-7(13)5-4-14-2-1-10-5/h3,5,10H,1-2,4H2,(H,11,12,13). The van der Waals surface area contributed by atoms with Crippen molar-refractivity contribution >= 4 is 38.3 Å². The molecule has 1 saturated heterocycles. The summed E-state index contributed by atoms with van der Waals surface area (Å²) in [6.07, 6.45) is 1.66. The van der Waals surface area contributed by atoms with E-state index >= 15 is 0 Å². The van der Waals surface area contributed by atoms with Crippen LogP contribution in [0.15, 0.2) is 9.98 Å². The van der Waals surface area contributed by atoms with E-state index in [1.54, 1.807) is 6.20 Å². The van der Waals surface area contributed by atoms with Crippen LogP contribution >= 0.6 is 27.3 Å². The number of morpholine rings is 1. The van der Waals surface area contributed by atoms with Gasteiger partial charge in [0.15, 0.2) is 5.13 Å². The molecule has 0 aliphatic carbocycles. The van der Waals surface area contributed by atoms with E-state index in [9.17, 15) is 4.79 Å².